The molecular formula is C21H13FN2O3S2. The number of hydrogen-bond donors (Lipinski definition) is 1. The molecule has 5 nitrogen and oxygen atoms in total. The van der Waals surface area contributed by atoms with E-state index < -0.39 is 11.8 Å². The van der Waals surface area contributed by atoms with Crippen molar-refractivity contribution in [1.82, 2.24) is 10.4 Å². The molecule has 1 fully saturated rings. The summed E-state index contributed by atoms with van der Waals surface area (Å²) in [7, 11) is 0. The minimum atomic E-state index is -0.441. The summed E-state index contributed by atoms with van der Waals surface area (Å²) in [6.45, 7) is 0. The van der Waals surface area contributed by atoms with Crippen molar-refractivity contribution in [3.05, 3.63) is 88.8 Å². The topological polar surface area (TPSA) is 62.6 Å². The normalized spacial score (nSPS) is 15.2. The number of rotatable bonds is 4. The molecule has 0 aliphatic carbocycles. The molecule has 8 heteroatoms. The lowest BCUT2D eigenvalue weighted by Crippen LogP contribution is -2.44. The molecule has 0 radical (unpaired) electrons. The Bertz CT molecular complexity index is 1120. The fourth-order valence-corrected chi connectivity index (χ4v) is 3.81. The number of benzene rings is 2. The average Bonchev–Trinajstić information content (AvgIpc) is 3.29. The predicted octanol–water partition coefficient (Wildman–Crippen LogP) is 4.63. The number of furan rings is 1. The smallest absolute Gasteiger partial charge is 0.285 e. The van der Waals surface area contributed by atoms with Crippen molar-refractivity contribution in [1.29, 1.82) is 0 Å². The van der Waals surface area contributed by atoms with Crippen LogP contribution in [0.1, 0.15) is 16.1 Å². The van der Waals surface area contributed by atoms with E-state index in [2.05, 4.69) is 5.43 Å². The highest BCUT2D eigenvalue weighted by molar-refractivity contribution is 8.26. The van der Waals surface area contributed by atoms with Crippen molar-refractivity contribution in [3.63, 3.8) is 0 Å². The summed E-state index contributed by atoms with van der Waals surface area (Å²) in [5.41, 5.74) is 3.66. The number of halogens is 1. The SMILES string of the molecule is O=C(NN1C(=O)/C(=C\c2ccc(-c3ccc(F)cc3)o2)SC1=S)c1ccccc1. The highest BCUT2D eigenvalue weighted by Crippen LogP contribution is 2.32. The molecule has 1 aliphatic rings. The van der Waals surface area contributed by atoms with Crippen LogP contribution in [0.5, 0.6) is 0 Å². The monoisotopic (exact) mass is 424 g/mol. The first-order chi connectivity index (χ1) is 14.0. The standard InChI is InChI=1S/C21H13FN2O3S2/c22-15-8-6-13(7-9-15)17-11-10-16(27-17)12-18-20(26)24(21(28)29-18)23-19(25)14-4-2-1-3-5-14/h1-12H,(H,23,25)/b18-12+. The number of carbonyl (C=O) groups is 2. The predicted molar refractivity (Wildman–Crippen MR) is 113 cm³/mol. The molecule has 29 heavy (non-hydrogen) atoms. The van der Waals surface area contributed by atoms with Gasteiger partial charge in [-0.2, -0.15) is 5.01 Å². The number of nitrogens with zero attached hydrogens (tertiary/aromatic N) is 1. The van der Waals surface area contributed by atoms with Crippen molar-refractivity contribution in [3.8, 4) is 11.3 Å². The third-order valence-corrected chi connectivity index (χ3v) is 5.37. The van der Waals surface area contributed by atoms with Crippen LogP contribution < -0.4 is 5.43 Å². The van der Waals surface area contributed by atoms with Gasteiger partial charge < -0.3 is 4.42 Å². The first kappa shape index (κ1) is 19.1. The Morgan fingerprint density at radius 3 is 2.52 bits per heavy atom. The molecule has 1 saturated heterocycles. The molecule has 0 saturated carbocycles. The summed E-state index contributed by atoms with van der Waals surface area (Å²) in [4.78, 5) is 25.3. The summed E-state index contributed by atoms with van der Waals surface area (Å²) in [6, 6.07) is 17.9. The average molecular weight is 424 g/mol. The lowest BCUT2D eigenvalue weighted by atomic mass is 10.2. The molecule has 144 valence electrons. The van der Waals surface area contributed by atoms with Gasteiger partial charge in [-0.25, -0.2) is 4.39 Å². The Hall–Kier alpha value is -3.23. The number of amides is 2. The highest BCUT2D eigenvalue weighted by Gasteiger charge is 2.34. The maximum absolute atomic E-state index is 13.1. The van der Waals surface area contributed by atoms with Gasteiger partial charge in [0.05, 0.1) is 4.91 Å². The number of thiocarbonyl (C=S) groups is 1. The van der Waals surface area contributed by atoms with Crippen molar-refractivity contribution < 1.29 is 18.4 Å². The number of nitrogens with one attached hydrogen (secondary N) is 1. The van der Waals surface area contributed by atoms with Gasteiger partial charge >= 0.3 is 0 Å². The molecule has 3 aromatic rings. The van der Waals surface area contributed by atoms with Crippen LogP contribution in [0.2, 0.25) is 0 Å². The second-order valence-electron chi connectivity index (χ2n) is 6.03. The summed E-state index contributed by atoms with van der Waals surface area (Å²) >= 11 is 6.28. The molecular weight excluding hydrogens is 411 g/mol. The largest absolute Gasteiger partial charge is 0.457 e. The summed E-state index contributed by atoms with van der Waals surface area (Å²) in [6.07, 6.45) is 1.56. The molecule has 0 bridgehead atoms. The van der Waals surface area contributed by atoms with E-state index in [1.54, 1.807) is 60.7 Å². The molecule has 0 atom stereocenters. The Morgan fingerprint density at radius 1 is 1.07 bits per heavy atom. The van der Waals surface area contributed by atoms with Crippen molar-refractivity contribution >= 4 is 46.2 Å². The second kappa shape index (κ2) is 8.02. The van der Waals surface area contributed by atoms with E-state index in [9.17, 15) is 14.0 Å². The molecule has 0 unspecified atom stereocenters. The molecule has 1 aliphatic heterocycles. The van der Waals surface area contributed by atoms with Gasteiger partial charge in [0.25, 0.3) is 11.8 Å². The molecule has 2 aromatic carbocycles. The van der Waals surface area contributed by atoms with Crippen LogP contribution in [-0.2, 0) is 4.79 Å². The van der Waals surface area contributed by atoms with E-state index >= 15 is 0 Å². The van der Waals surface area contributed by atoms with Crippen LogP contribution in [0.3, 0.4) is 0 Å². The second-order valence-corrected chi connectivity index (χ2v) is 7.71. The Kier molecular flexibility index (Phi) is 5.28. The molecule has 2 heterocycles. The minimum Gasteiger partial charge on any atom is -0.457 e. The Balaban J connectivity index is 1.50. The zero-order valence-corrected chi connectivity index (χ0v) is 16.4. The van der Waals surface area contributed by atoms with Gasteiger partial charge in [0.15, 0.2) is 4.32 Å². The first-order valence-electron chi connectivity index (χ1n) is 8.51. The first-order valence-corrected chi connectivity index (χ1v) is 9.73. The van der Waals surface area contributed by atoms with E-state index in [0.29, 0.717) is 27.6 Å². The van der Waals surface area contributed by atoms with Crippen LogP contribution in [-0.4, -0.2) is 21.1 Å². The maximum Gasteiger partial charge on any atom is 0.285 e. The molecule has 4 rings (SSSR count). The molecule has 2 amide bonds. The van der Waals surface area contributed by atoms with E-state index in [-0.39, 0.29) is 10.1 Å². The lowest BCUT2D eigenvalue weighted by Gasteiger charge is -2.15. The number of hydrogen-bond acceptors (Lipinski definition) is 5. The van der Waals surface area contributed by atoms with Crippen LogP contribution in [0.4, 0.5) is 4.39 Å². The van der Waals surface area contributed by atoms with E-state index in [1.165, 1.54) is 12.1 Å². The fourth-order valence-electron chi connectivity index (χ4n) is 2.65. The van der Waals surface area contributed by atoms with Crippen LogP contribution in [0.25, 0.3) is 17.4 Å². The third kappa shape index (κ3) is 4.13. The zero-order valence-electron chi connectivity index (χ0n) is 14.8. The molecule has 1 N–H and O–H groups in total. The summed E-state index contributed by atoms with van der Waals surface area (Å²) < 4.78 is 19.0. The van der Waals surface area contributed by atoms with Gasteiger partial charge in [-0.3, -0.25) is 15.0 Å². The fraction of sp³-hybridized carbons (Fsp3) is 0. The summed E-state index contributed by atoms with van der Waals surface area (Å²) in [5.74, 6) is -0.214. The van der Waals surface area contributed by atoms with Crippen molar-refractivity contribution in [2.75, 3.05) is 0 Å². The van der Waals surface area contributed by atoms with E-state index in [0.717, 1.165) is 16.8 Å². The minimum absolute atomic E-state index is 0.218. The zero-order chi connectivity index (χ0) is 20.4. The Morgan fingerprint density at radius 2 is 1.79 bits per heavy atom. The van der Waals surface area contributed by atoms with Crippen LogP contribution >= 0.6 is 24.0 Å². The maximum atomic E-state index is 13.1. The quantitative estimate of drug-likeness (QED) is 0.489. The third-order valence-electron chi connectivity index (χ3n) is 4.07. The van der Waals surface area contributed by atoms with Gasteiger partial charge in [0.2, 0.25) is 0 Å². The number of carbonyl (C=O) groups excluding carboxylic acids is 2. The van der Waals surface area contributed by atoms with E-state index in [1.807, 2.05) is 0 Å². The van der Waals surface area contributed by atoms with Gasteiger partial charge in [-0.15, -0.1) is 0 Å². The van der Waals surface area contributed by atoms with Gasteiger partial charge in [-0.05, 0) is 60.7 Å². The number of hydrazine groups is 1. The molecule has 1 aromatic heterocycles. The Labute approximate surface area is 175 Å². The summed E-state index contributed by atoms with van der Waals surface area (Å²) in [5, 5.41) is 1.05. The molecule has 0 spiro atoms. The number of thioether (sulfide) groups is 1. The van der Waals surface area contributed by atoms with Gasteiger partial charge in [0.1, 0.15) is 17.3 Å². The van der Waals surface area contributed by atoms with Crippen LogP contribution in [0.15, 0.2) is 76.1 Å². The van der Waals surface area contributed by atoms with Gasteiger partial charge in [-0.1, -0.05) is 30.0 Å². The van der Waals surface area contributed by atoms with Crippen molar-refractivity contribution in [2.45, 2.75) is 0 Å². The lowest BCUT2D eigenvalue weighted by molar-refractivity contribution is -0.123. The van der Waals surface area contributed by atoms with Crippen LogP contribution in [0, 0.1) is 5.82 Å². The van der Waals surface area contributed by atoms with E-state index in [4.69, 9.17) is 16.6 Å². The van der Waals surface area contributed by atoms with Crippen molar-refractivity contribution in [2.24, 2.45) is 0 Å². The highest BCUT2D eigenvalue weighted by atomic mass is 32.2. The van der Waals surface area contributed by atoms with Gasteiger partial charge in [0, 0.05) is 17.2 Å².